The second-order valence-electron chi connectivity index (χ2n) is 4.23. The molecule has 1 aliphatic heterocycles. The summed E-state index contributed by atoms with van der Waals surface area (Å²) < 4.78 is 4.56. The van der Waals surface area contributed by atoms with E-state index in [1.807, 2.05) is 0 Å². The number of hydrogen-bond donors (Lipinski definition) is 0. The van der Waals surface area contributed by atoms with Crippen molar-refractivity contribution in [3.63, 3.8) is 0 Å². The van der Waals surface area contributed by atoms with Crippen LogP contribution in [-0.2, 0) is 6.67 Å². The van der Waals surface area contributed by atoms with Crippen LogP contribution in [0.3, 0.4) is 0 Å². The Kier molecular flexibility index (Phi) is 2.79. The fraction of sp³-hybridized carbons (Fsp3) is 0.417. The maximum atomic E-state index is 5.44. The molecule has 1 fully saturated rings. The lowest BCUT2D eigenvalue weighted by molar-refractivity contribution is 0.274. The molecule has 0 amide bonds. The highest BCUT2D eigenvalue weighted by molar-refractivity contribution is 7.73. The fourth-order valence-corrected chi connectivity index (χ4v) is 3.58. The van der Waals surface area contributed by atoms with Gasteiger partial charge in [-0.3, -0.25) is 4.90 Å². The molecule has 1 aromatic heterocycles. The monoisotopic (exact) mass is 250 g/mol. The van der Waals surface area contributed by atoms with Gasteiger partial charge >= 0.3 is 0 Å². The molecular formula is C12H14N2S2. The van der Waals surface area contributed by atoms with Crippen molar-refractivity contribution in [1.82, 2.24) is 9.47 Å². The number of hydrogen-bond acceptors (Lipinski definition) is 3. The van der Waals surface area contributed by atoms with Gasteiger partial charge in [0, 0.05) is 0 Å². The summed E-state index contributed by atoms with van der Waals surface area (Å²) in [6.45, 7) is 3.39. The summed E-state index contributed by atoms with van der Waals surface area (Å²) in [5, 5.41) is 0. The smallest absolute Gasteiger partial charge is 0.163 e. The lowest BCUT2D eigenvalue weighted by Gasteiger charge is -2.15. The van der Waals surface area contributed by atoms with Crippen molar-refractivity contribution in [1.29, 1.82) is 0 Å². The minimum absolute atomic E-state index is 0.961. The Hall–Kier alpha value is -0.710. The van der Waals surface area contributed by atoms with Crippen molar-refractivity contribution in [2.24, 2.45) is 0 Å². The van der Waals surface area contributed by atoms with Crippen molar-refractivity contribution in [3.8, 4) is 0 Å². The summed E-state index contributed by atoms with van der Waals surface area (Å²) >= 11 is 7.16. The van der Waals surface area contributed by atoms with Crippen molar-refractivity contribution in [2.45, 2.75) is 19.5 Å². The Bertz CT molecular complexity index is 549. The number of benzene rings is 1. The predicted molar refractivity (Wildman–Crippen MR) is 71.5 cm³/mol. The van der Waals surface area contributed by atoms with Crippen LogP contribution in [-0.4, -0.2) is 22.6 Å². The Morgan fingerprint density at radius 3 is 2.75 bits per heavy atom. The van der Waals surface area contributed by atoms with Gasteiger partial charge in [-0.2, -0.15) is 0 Å². The van der Waals surface area contributed by atoms with Gasteiger partial charge in [-0.15, -0.1) is 11.3 Å². The molecule has 2 heterocycles. The second-order valence-corrected chi connectivity index (χ2v) is 5.91. The van der Waals surface area contributed by atoms with E-state index >= 15 is 0 Å². The highest BCUT2D eigenvalue weighted by Gasteiger charge is 2.13. The van der Waals surface area contributed by atoms with Crippen LogP contribution in [0, 0.1) is 3.95 Å². The maximum Gasteiger partial charge on any atom is 0.163 e. The first-order valence-electron chi connectivity index (χ1n) is 5.65. The average Bonchev–Trinajstić information content (AvgIpc) is 2.89. The molecule has 0 bridgehead atoms. The third-order valence-corrected chi connectivity index (χ3v) is 4.54. The van der Waals surface area contributed by atoms with Gasteiger partial charge in [0.15, 0.2) is 3.95 Å². The molecule has 0 atom stereocenters. The van der Waals surface area contributed by atoms with Crippen LogP contribution >= 0.6 is 23.6 Å². The Balaban J connectivity index is 2.01. The van der Waals surface area contributed by atoms with E-state index in [0.717, 1.165) is 10.6 Å². The van der Waals surface area contributed by atoms with E-state index in [-0.39, 0.29) is 0 Å². The van der Waals surface area contributed by atoms with Gasteiger partial charge in [0.1, 0.15) is 0 Å². The van der Waals surface area contributed by atoms with Crippen molar-refractivity contribution >= 4 is 33.8 Å². The van der Waals surface area contributed by atoms with E-state index in [0.29, 0.717) is 0 Å². The number of aromatic nitrogens is 1. The molecular weight excluding hydrogens is 236 g/mol. The third kappa shape index (κ3) is 1.81. The van der Waals surface area contributed by atoms with Crippen molar-refractivity contribution < 1.29 is 0 Å². The second kappa shape index (κ2) is 4.28. The number of fused-ring (bicyclic) bond motifs is 1. The minimum Gasteiger partial charge on any atom is -0.309 e. The maximum absolute atomic E-state index is 5.44. The van der Waals surface area contributed by atoms with Crippen molar-refractivity contribution in [3.05, 3.63) is 28.2 Å². The Labute approximate surface area is 104 Å². The molecule has 0 N–H and O–H groups in total. The summed E-state index contributed by atoms with van der Waals surface area (Å²) in [4.78, 5) is 2.48. The molecule has 0 spiro atoms. The predicted octanol–water partition coefficient (Wildman–Crippen LogP) is 3.49. The Morgan fingerprint density at radius 1 is 1.19 bits per heavy atom. The van der Waals surface area contributed by atoms with Gasteiger partial charge in [0.05, 0.1) is 16.9 Å². The first-order chi connectivity index (χ1) is 7.84. The minimum atomic E-state index is 0.961. The molecule has 2 nitrogen and oxygen atoms in total. The zero-order valence-electron chi connectivity index (χ0n) is 9.06. The molecule has 1 aliphatic rings. The van der Waals surface area contributed by atoms with Crippen LogP contribution in [0.1, 0.15) is 12.8 Å². The van der Waals surface area contributed by atoms with Gasteiger partial charge < -0.3 is 4.57 Å². The largest absolute Gasteiger partial charge is 0.309 e. The lowest BCUT2D eigenvalue weighted by atomic mass is 10.3. The fourth-order valence-electron chi connectivity index (χ4n) is 2.27. The average molecular weight is 250 g/mol. The van der Waals surface area contributed by atoms with E-state index in [1.165, 1.54) is 36.1 Å². The quantitative estimate of drug-likeness (QED) is 0.754. The summed E-state index contributed by atoms with van der Waals surface area (Å²) in [7, 11) is 0. The van der Waals surface area contributed by atoms with E-state index < -0.39 is 0 Å². The molecule has 0 aliphatic carbocycles. The SMILES string of the molecule is S=c1sc2ccccc2n1CN1CCCC1. The number of rotatable bonds is 2. The number of thiazole rings is 1. The van der Waals surface area contributed by atoms with Crippen molar-refractivity contribution in [2.75, 3.05) is 13.1 Å². The molecule has 0 radical (unpaired) electrons. The van der Waals surface area contributed by atoms with Crippen LogP contribution in [0.4, 0.5) is 0 Å². The van der Waals surface area contributed by atoms with Gasteiger partial charge in [0.2, 0.25) is 0 Å². The molecule has 0 saturated carbocycles. The standard InChI is InChI=1S/C12H14N2S2/c15-12-14(9-13-7-3-4-8-13)10-5-1-2-6-11(10)16-12/h1-2,5-6H,3-4,7-9H2. The van der Waals surface area contributed by atoms with Crippen LogP contribution in [0.2, 0.25) is 0 Å². The Morgan fingerprint density at radius 2 is 1.94 bits per heavy atom. The molecule has 84 valence electrons. The number of likely N-dealkylation sites (tertiary alicyclic amines) is 1. The van der Waals surface area contributed by atoms with Crippen LogP contribution in [0.25, 0.3) is 10.2 Å². The van der Waals surface area contributed by atoms with E-state index in [4.69, 9.17) is 12.2 Å². The molecule has 1 aromatic carbocycles. The molecule has 16 heavy (non-hydrogen) atoms. The number of para-hydroxylation sites is 1. The van der Waals surface area contributed by atoms with E-state index in [2.05, 4.69) is 33.7 Å². The molecule has 0 unspecified atom stereocenters. The van der Waals surface area contributed by atoms with Gasteiger partial charge in [-0.1, -0.05) is 12.1 Å². The molecule has 3 rings (SSSR count). The van der Waals surface area contributed by atoms with Crippen LogP contribution in [0.5, 0.6) is 0 Å². The summed E-state index contributed by atoms with van der Waals surface area (Å²) in [5.74, 6) is 0. The first kappa shape index (κ1) is 10.4. The zero-order chi connectivity index (χ0) is 11.0. The highest BCUT2D eigenvalue weighted by atomic mass is 32.1. The molecule has 2 aromatic rings. The normalized spacial score (nSPS) is 17.2. The summed E-state index contributed by atoms with van der Waals surface area (Å²) in [5.41, 5.74) is 1.28. The highest BCUT2D eigenvalue weighted by Crippen LogP contribution is 2.23. The van der Waals surface area contributed by atoms with E-state index in [1.54, 1.807) is 11.3 Å². The van der Waals surface area contributed by atoms with Gasteiger partial charge in [-0.25, -0.2) is 0 Å². The topological polar surface area (TPSA) is 8.17 Å². The van der Waals surface area contributed by atoms with Gasteiger partial charge in [-0.05, 0) is 50.3 Å². The zero-order valence-corrected chi connectivity index (χ0v) is 10.7. The van der Waals surface area contributed by atoms with Crippen LogP contribution in [0.15, 0.2) is 24.3 Å². The van der Waals surface area contributed by atoms with Crippen LogP contribution < -0.4 is 0 Å². The summed E-state index contributed by atoms with van der Waals surface area (Å²) in [6, 6.07) is 8.48. The molecule has 4 heteroatoms. The third-order valence-electron chi connectivity index (χ3n) is 3.11. The van der Waals surface area contributed by atoms with Gasteiger partial charge in [0.25, 0.3) is 0 Å². The first-order valence-corrected chi connectivity index (χ1v) is 6.88. The summed E-state index contributed by atoms with van der Waals surface area (Å²) in [6.07, 6.45) is 2.66. The number of nitrogens with zero attached hydrogens (tertiary/aromatic N) is 2. The van der Waals surface area contributed by atoms with E-state index in [9.17, 15) is 0 Å². The lowest BCUT2D eigenvalue weighted by Crippen LogP contribution is -2.22. The molecule has 1 saturated heterocycles.